The van der Waals surface area contributed by atoms with E-state index >= 15 is 0 Å². The number of nitrogens with one attached hydrogen (secondary N) is 1. The summed E-state index contributed by atoms with van der Waals surface area (Å²) in [5, 5.41) is 18.1. The van der Waals surface area contributed by atoms with Crippen molar-refractivity contribution in [3.63, 3.8) is 0 Å². The van der Waals surface area contributed by atoms with Gasteiger partial charge in [-0.25, -0.2) is 9.48 Å². The van der Waals surface area contributed by atoms with Crippen molar-refractivity contribution in [2.24, 2.45) is 0 Å². The van der Waals surface area contributed by atoms with Crippen molar-refractivity contribution in [2.45, 2.75) is 64.3 Å². The molecule has 0 amide bonds. The van der Waals surface area contributed by atoms with Gasteiger partial charge in [-0.2, -0.15) is 0 Å². The summed E-state index contributed by atoms with van der Waals surface area (Å²) in [6.45, 7) is 3.59. The number of hydrogen-bond acceptors (Lipinski definition) is 6. The van der Waals surface area contributed by atoms with E-state index in [0.29, 0.717) is 12.0 Å². The van der Waals surface area contributed by atoms with Crippen molar-refractivity contribution in [3.05, 3.63) is 44.5 Å². The van der Waals surface area contributed by atoms with Gasteiger partial charge in [0, 0.05) is 24.4 Å². The maximum Gasteiger partial charge on any atom is 0.330 e. The Morgan fingerprint density at radius 3 is 2.88 bits per heavy atom. The van der Waals surface area contributed by atoms with E-state index in [4.69, 9.17) is 4.74 Å². The van der Waals surface area contributed by atoms with E-state index in [-0.39, 0.29) is 12.6 Å². The minimum Gasteiger partial charge on any atom is -0.394 e. The number of aryl methyl sites for hydroxylation is 2. The minimum atomic E-state index is -0.576. The molecule has 1 aliphatic rings. The first kappa shape index (κ1) is 18.5. The number of aliphatic hydroxyl groups excluding tert-OH is 1. The first-order chi connectivity index (χ1) is 12.5. The van der Waals surface area contributed by atoms with Gasteiger partial charge in [0.15, 0.2) is 0 Å². The van der Waals surface area contributed by atoms with Crippen LogP contribution < -0.4 is 11.2 Å². The lowest BCUT2D eigenvalue weighted by atomic mass is 10.1. The van der Waals surface area contributed by atoms with E-state index in [1.54, 1.807) is 11.6 Å². The molecule has 3 atom stereocenters. The number of rotatable bonds is 7. The van der Waals surface area contributed by atoms with Gasteiger partial charge in [-0.3, -0.25) is 14.3 Å². The Morgan fingerprint density at radius 1 is 1.35 bits per heavy atom. The van der Waals surface area contributed by atoms with Crippen LogP contribution in [0.25, 0.3) is 0 Å². The largest absolute Gasteiger partial charge is 0.394 e. The summed E-state index contributed by atoms with van der Waals surface area (Å²) in [6, 6.07) is -0.225. The first-order valence-corrected chi connectivity index (χ1v) is 9.02. The van der Waals surface area contributed by atoms with Crippen LogP contribution in [0.1, 0.15) is 56.1 Å². The van der Waals surface area contributed by atoms with E-state index in [2.05, 4.69) is 22.2 Å². The molecule has 0 saturated carbocycles. The Morgan fingerprint density at radius 2 is 2.15 bits per heavy atom. The molecular weight excluding hydrogens is 338 g/mol. The van der Waals surface area contributed by atoms with Gasteiger partial charge in [0.1, 0.15) is 12.3 Å². The molecule has 3 heterocycles. The molecular formula is C17H25N5O4. The molecule has 0 aromatic carbocycles. The van der Waals surface area contributed by atoms with Crippen LogP contribution in [0.3, 0.4) is 0 Å². The Hall–Kier alpha value is -2.26. The van der Waals surface area contributed by atoms with Crippen LogP contribution in [0.15, 0.2) is 22.0 Å². The highest BCUT2D eigenvalue weighted by molar-refractivity contribution is 5.02. The average molecular weight is 363 g/mol. The third-order valence-electron chi connectivity index (χ3n) is 4.77. The van der Waals surface area contributed by atoms with Gasteiger partial charge in [-0.1, -0.05) is 25.0 Å². The van der Waals surface area contributed by atoms with E-state index < -0.39 is 23.6 Å². The smallest absolute Gasteiger partial charge is 0.330 e. The predicted molar refractivity (Wildman–Crippen MR) is 94.0 cm³/mol. The molecule has 9 heteroatoms. The number of aromatic amines is 1. The average Bonchev–Trinajstić information content (AvgIpc) is 3.24. The molecule has 142 valence electrons. The molecule has 2 unspecified atom stereocenters. The molecule has 3 rings (SSSR count). The summed E-state index contributed by atoms with van der Waals surface area (Å²) >= 11 is 0. The normalized spacial score (nSPS) is 22.8. The summed E-state index contributed by atoms with van der Waals surface area (Å²) in [6.07, 6.45) is 6.98. The monoisotopic (exact) mass is 363 g/mol. The van der Waals surface area contributed by atoms with Crippen LogP contribution >= 0.6 is 0 Å². The second kappa shape index (κ2) is 7.96. The van der Waals surface area contributed by atoms with Crippen LogP contribution in [0, 0.1) is 6.92 Å². The van der Waals surface area contributed by atoms with Crippen molar-refractivity contribution >= 4 is 0 Å². The molecule has 2 N–H and O–H groups in total. The maximum atomic E-state index is 12.1. The number of unbranched alkanes of at least 4 members (excludes halogenated alkanes) is 2. The third kappa shape index (κ3) is 3.78. The topological polar surface area (TPSA) is 115 Å². The molecule has 2 aromatic heterocycles. The number of aromatic nitrogens is 5. The van der Waals surface area contributed by atoms with Crippen LogP contribution in [-0.2, 0) is 11.2 Å². The van der Waals surface area contributed by atoms with Crippen molar-refractivity contribution in [1.29, 1.82) is 0 Å². The maximum absolute atomic E-state index is 12.1. The molecule has 1 saturated heterocycles. The Kier molecular flexibility index (Phi) is 5.67. The molecule has 2 aromatic rings. The fourth-order valence-corrected chi connectivity index (χ4v) is 3.27. The van der Waals surface area contributed by atoms with E-state index in [1.165, 1.54) is 10.8 Å². The number of aliphatic hydroxyl groups is 1. The van der Waals surface area contributed by atoms with Crippen LogP contribution in [0.4, 0.5) is 0 Å². The summed E-state index contributed by atoms with van der Waals surface area (Å²) in [5.41, 5.74) is 0.404. The Labute approximate surface area is 150 Å². The zero-order valence-electron chi connectivity index (χ0n) is 15.1. The van der Waals surface area contributed by atoms with Crippen molar-refractivity contribution in [1.82, 2.24) is 24.5 Å². The second-order valence-corrected chi connectivity index (χ2v) is 6.74. The molecule has 0 spiro atoms. The first-order valence-electron chi connectivity index (χ1n) is 9.02. The molecule has 26 heavy (non-hydrogen) atoms. The van der Waals surface area contributed by atoms with E-state index in [0.717, 1.165) is 31.4 Å². The summed E-state index contributed by atoms with van der Waals surface area (Å²) in [4.78, 5) is 25.9. The van der Waals surface area contributed by atoms with Gasteiger partial charge in [0.2, 0.25) is 0 Å². The summed E-state index contributed by atoms with van der Waals surface area (Å²) < 4.78 is 8.92. The Bertz CT molecular complexity index is 855. The molecule has 9 nitrogen and oxygen atoms in total. The van der Waals surface area contributed by atoms with E-state index in [1.807, 2.05) is 6.20 Å². The fraction of sp³-hybridized carbons (Fsp3) is 0.647. The summed E-state index contributed by atoms with van der Waals surface area (Å²) in [5.74, 6) is 0. The second-order valence-electron chi connectivity index (χ2n) is 6.74. The molecule has 0 aliphatic carbocycles. The summed E-state index contributed by atoms with van der Waals surface area (Å²) in [7, 11) is 0. The fourth-order valence-electron chi connectivity index (χ4n) is 3.27. The van der Waals surface area contributed by atoms with Gasteiger partial charge in [0.25, 0.3) is 5.56 Å². The van der Waals surface area contributed by atoms with Gasteiger partial charge in [-0.15, -0.1) is 5.10 Å². The highest BCUT2D eigenvalue weighted by Crippen LogP contribution is 2.35. The van der Waals surface area contributed by atoms with Crippen molar-refractivity contribution < 1.29 is 9.84 Å². The van der Waals surface area contributed by atoms with Gasteiger partial charge >= 0.3 is 5.69 Å². The molecule has 1 aliphatic heterocycles. The quantitative estimate of drug-likeness (QED) is 0.700. The van der Waals surface area contributed by atoms with Crippen molar-refractivity contribution in [2.75, 3.05) is 6.61 Å². The third-order valence-corrected chi connectivity index (χ3v) is 4.77. The van der Waals surface area contributed by atoms with Crippen LogP contribution in [-0.4, -0.2) is 42.4 Å². The van der Waals surface area contributed by atoms with Gasteiger partial charge < -0.3 is 9.84 Å². The molecule has 0 bridgehead atoms. The lowest BCUT2D eigenvalue weighted by Crippen LogP contribution is -2.33. The van der Waals surface area contributed by atoms with Crippen LogP contribution in [0.2, 0.25) is 0 Å². The number of nitrogens with zero attached hydrogens (tertiary/aromatic N) is 4. The molecule has 1 fully saturated rings. The van der Waals surface area contributed by atoms with Crippen LogP contribution in [0.5, 0.6) is 0 Å². The minimum absolute atomic E-state index is 0.191. The SMILES string of the molecule is CCCCCc1cn([C@H]2CC(n3cc(C)c(=O)[nH]c3=O)OC2CO)nn1. The highest BCUT2D eigenvalue weighted by Gasteiger charge is 2.38. The standard InChI is InChI=1S/C17H25N5O4/c1-3-4-5-6-12-9-22(20-19-12)13-7-15(26-14(13)10-23)21-8-11(2)16(24)18-17(21)25/h8-9,13-15,23H,3-7,10H2,1-2H3,(H,18,24,25)/t13-,14?,15?/m0/s1. The van der Waals surface area contributed by atoms with E-state index in [9.17, 15) is 14.7 Å². The predicted octanol–water partition coefficient (Wildman–Crippen LogP) is 0.690. The van der Waals surface area contributed by atoms with Crippen molar-refractivity contribution in [3.8, 4) is 0 Å². The number of H-pyrrole nitrogens is 1. The number of ether oxygens (including phenoxy) is 1. The Balaban J connectivity index is 1.78. The highest BCUT2D eigenvalue weighted by atomic mass is 16.5. The van der Waals surface area contributed by atoms with Gasteiger partial charge in [0.05, 0.1) is 18.3 Å². The molecule has 0 radical (unpaired) electrons. The zero-order chi connectivity index (χ0) is 18.7. The lowest BCUT2D eigenvalue weighted by Gasteiger charge is -2.15. The lowest BCUT2D eigenvalue weighted by molar-refractivity contribution is -0.0323. The van der Waals surface area contributed by atoms with Gasteiger partial charge in [-0.05, 0) is 19.8 Å². The number of hydrogen-bond donors (Lipinski definition) is 2. The zero-order valence-corrected chi connectivity index (χ0v) is 15.1.